The molecule has 0 unspecified atom stereocenters. The number of benzene rings is 2. The lowest BCUT2D eigenvalue weighted by molar-refractivity contribution is 0.551. The van der Waals surface area contributed by atoms with Crippen molar-refractivity contribution < 1.29 is 12.3 Å². The summed E-state index contributed by atoms with van der Waals surface area (Å²) in [6.07, 6.45) is 3.09. The molecule has 0 amide bonds. The van der Waals surface area contributed by atoms with Crippen LogP contribution in [-0.4, -0.2) is 23.0 Å². The summed E-state index contributed by atoms with van der Waals surface area (Å²) in [5.41, 5.74) is 4.24. The molecular weight excluding hydrogens is 467 g/mol. The lowest BCUT2D eigenvalue weighted by Gasteiger charge is -2.16. The van der Waals surface area contributed by atoms with Gasteiger partial charge in [-0.2, -0.15) is 13.7 Å². The van der Waals surface area contributed by atoms with Crippen molar-refractivity contribution in [2.45, 2.75) is 25.2 Å². The molecule has 176 valence electrons. The molecule has 0 aliphatic heterocycles. The molecule has 7 nitrogen and oxygen atoms in total. The number of aromatic amines is 1. The molecule has 0 atom stereocenters. The van der Waals surface area contributed by atoms with Gasteiger partial charge in [-0.1, -0.05) is 19.9 Å². The molecule has 5 aromatic rings. The number of hydrogen-bond acceptors (Lipinski definition) is 5. The van der Waals surface area contributed by atoms with Crippen LogP contribution >= 0.6 is 0 Å². The van der Waals surface area contributed by atoms with E-state index in [-0.39, 0.29) is 11.3 Å². The van der Waals surface area contributed by atoms with Crippen LogP contribution in [-0.2, 0) is 23.7 Å². The van der Waals surface area contributed by atoms with Gasteiger partial charge in [0.15, 0.2) is 5.43 Å². The highest BCUT2D eigenvalue weighted by molar-refractivity contribution is 7.86. The zero-order valence-electron chi connectivity index (χ0n) is 19.3. The molecular formula is C26H21FN4O3S. The minimum Gasteiger partial charge on any atom is -0.340 e. The maximum Gasteiger partial charge on any atom is 0.333 e. The van der Waals surface area contributed by atoms with Crippen LogP contribution < -0.4 is 5.43 Å². The van der Waals surface area contributed by atoms with Crippen molar-refractivity contribution >= 4 is 43.1 Å². The Morgan fingerprint density at radius 2 is 1.91 bits per heavy atom. The highest BCUT2D eigenvalue weighted by Crippen LogP contribution is 2.33. The molecule has 1 N–H and O–H groups in total. The lowest BCUT2D eigenvalue weighted by Crippen LogP contribution is -2.10. The summed E-state index contributed by atoms with van der Waals surface area (Å²) in [4.78, 5) is 20.4. The Labute approximate surface area is 200 Å². The molecule has 0 saturated carbocycles. The summed E-state index contributed by atoms with van der Waals surface area (Å²) in [5.74, 6) is 0.248. The van der Waals surface area contributed by atoms with E-state index in [1.165, 1.54) is 12.3 Å². The summed E-state index contributed by atoms with van der Waals surface area (Å²) in [5, 5.41) is 11.0. The van der Waals surface area contributed by atoms with Crippen LogP contribution in [0.3, 0.4) is 0 Å². The lowest BCUT2D eigenvalue weighted by atomic mass is 9.92. The normalized spacial score (nSPS) is 12.1. The Hall–Kier alpha value is -4.03. The molecule has 0 radical (unpaired) electrons. The van der Waals surface area contributed by atoms with E-state index in [2.05, 4.69) is 16.0 Å². The van der Waals surface area contributed by atoms with Gasteiger partial charge in [0, 0.05) is 41.3 Å². The van der Waals surface area contributed by atoms with Crippen molar-refractivity contribution in [3.05, 3.63) is 70.1 Å². The van der Waals surface area contributed by atoms with Gasteiger partial charge in [0.1, 0.15) is 10.5 Å². The smallest absolute Gasteiger partial charge is 0.333 e. The van der Waals surface area contributed by atoms with Crippen LogP contribution in [0.2, 0.25) is 0 Å². The number of nitrogens with zero attached hydrogens (tertiary/aromatic N) is 3. The average Bonchev–Trinajstić information content (AvgIpc) is 3.20. The first-order chi connectivity index (χ1) is 16.6. The maximum absolute atomic E-state index is 13.7. The molecule has 5 rings (SSSR count). The van der Waals surface area contributed by atoms with E-state index < -0.39 is 15.1 Å². The summed E-state index contributed by atoms with van der Waals surface area (Å²) in [7, 11) is -3.09. The Bertz CT molecular complexity index is 1880. The third-order valence-electron chi connectivity index (χ3n) is 6.23. The fraction of sp³-hybridized carbons (Fsp3) is 0.192. The number of hydrogen-bond donors (Lipinski definition) is 1. The van der Waals surface area contributed by atoms with Gasteiger partial charge in [0.05, 0.1) is 22.5 Å². The number of nitriles is 1. The third-order valence-corrected chi connectivity index (χ3v) is 7.02. The average molecular weight is 489 g/mol. The molecule has 0 aliphatic carbocycles. The Morgan fingerprint density at radius 1 is 1.14 bits per heavy atom. The van der Waals surface area contributed by atoms with E-state index in [1.807, 2.05) is 37.6 Å². The largest absolute Gasteiger partial charge is 0.340 e. The van der Waals surface area contributed by atoms with Crippen molar-refractivity contribution in [3.63, 3.8) is 0 Å². The zero-order chi connectivity index (χ0) is 25.1. The van der Waals surface area contributed by atoms with Gasteiger partial charge in [-0.25, -0.2) is 0 Å². The number of halogens is 1. The van der Waals surface area contributed by atoms with E-state index in [0.717, 1.165) is 17.1 Å². The summed E-state index contributed by atoms with van der Waals surface area (Å²) >= 11 is 0. The monoisotopic (exact) mass is 488 g/mol. The Morgan fingerprint density at radius 3 is 2.60 bits per heavy atom. The molecule has 2 aromatic carbocycles. The third kappa shape index (κ3) is 3.76. The molecule has 0 aliphatic rings. The first kappa shape index (κ1) is 22.7. The number of rotatable bonds is 4. The van der Waals surface area contributed by atoms with Gasteiger partial charge in [-0.05, 0) is 53.8 Å². The molecule has 0 spiro atoms. The molecule has 9 heteroatoms. The van der Waals surface area contributed by atoms with E-state index in [9.17, 15) is 22.4 Å². The maximum atomic E-state index is 13.7. The topological polar surface area (TPSA) is 109 Å². The van der Waals surface area contributed by atoms with Crippen molar-refractivity contribution in [1.82, 2.24) is 14.5 Å². The van der Waals surface area contributed by atoms with Crippen LogP contribution in [0.1, 0.15) is 25.0 Å². The predicted octanol–water partition coefficient (Wildman–Crippen LogP) is 4.96. The number of aryl methyl sites for hydroxylation is 1. The van der Waals surface area contributed by atoms with Crippen LogP contribution in [0.15, 0.2) is 58.5 Å². The minimum atomic E-state index is -4.92. The number of pyridine rings is 2. The van der Waals surface area contributed by atoms with Gasteiger partial charge in [-0.15, -0.1) is 3.89 Å². The van der Waals surface area contributed by atoms with E-state index in [1.54, 1.807) is 18.2 Å². The Balaban J connectivity index is 1.88. The van der Waals surface area contributed by atoms with Gasteiger partial charge in [0.25, 0.3) is 0 Å². The first-order valence-electron chi connectivity index (χ1n) is 11.0. The minimum absolute atomic E-state index is 0.140. The highest BCUT2D eigenvalue weighted by atomic mass is 32.3. The van der Waals surface area contributed by atoms with E-state index in [0.29, 0.717) is 50.6 Å². The fourth-order valence-corrected chi connectivity index (χ4v) is 5.11. The first-order valence-corrected chi connectivity index (χ1v) is 12.4. The van der Waals surface area contributed by atoms with Gasteiger partial charge in [-0.3, -0.25) is 9.78 Å². The molecule has 0 saturated heterocycles. The summed E-state index contributed by atoms with van der Waals surface area (Å²) < 4.78 is 38.5. The number of nitrogens with one attached hydrogen (secondary N) is 1. The number of aromatic nitrogens is 3. The van der Waals surface area contributed by atoms with Gasteiger partial charge < -0.3 is 9.55 Å². The fourth-order valence-electron chi connectivity index (χ4n) is 4.66. The summed E-state index contributed by atoms with van der Waals surface area (Å²) in [6.45, 7) is 4.09. The van der Waals surface area contributed by atoms with Crippen LogP contribution in [0.5, 0.6) is 0 Å². The molecule has 0 fully saturated rings. The second kappa shape index (κ2) is 8.03. The summed E-state index contributed by atoms with van der Waals surface area (Å²) in [6, 6.07) is 12.2. The number of H-pyrrole nitrogens is 1. The van der Waals surface area contributed by atoms with Crippen molar-refractivity contribution in [2.75, 3.05) is 0 Å². The quantitative estimate of drug-likeness (QED) is 0.360. The van der Waals surface area contributed by atoms with Crippen LogP contribution in [0, 0.1) is 17.2 Å². The highest BCUT2D eigenvalue weighted by Gasteiger charge is 2.20. The second-order valence-electron chi connectivity index (χ2n) is 9.08. The van der Waals surface area contributed by atoms with Gasteiger partial charge >= 0.3 is 10.2 Å². The Kier molecular flexibility index (Phi) is 5.22. The van der Waals surface area contributed by atoms with E-state index >= 15 is 0 Å². The molecule has 0 bridgehead atoms. The second-order valence-corrected chi connectivity index (χ2v) is 10.4. The van der Waals surface area contributed by atoms with E-state index in [4.69, 9.17) is 0 Å². The van der Waals surface area contributed by atoms with Gasteiger partial charge in [0.2, 0.25) is 0 Å². The van der Waals surface area contributed by atoms with Crippen molar-refractivity contribution in [1.29, 1.82) is 5.26 Å². The van der Waals surface area contributed by atoms with Crippen molar-refractivity contribution in [3.8, 4) is 17.2 Å². The standard InChI is InChI=1S/C26H21FN4O3S/c1-14(2)6-16-9-21-23(10-20(16)17-8-18(13-29-12-17)35(27,33)34)31(3)26-24(25(21)32)19-5-4-15(11-28)7-22(19)30-26/h4-5,7-10,12-14,30H,6H2,1-3H3. The predicted molar refractivity (Wildman–Crippen MR) is 133 cm³/mol. The zero-order valence-corrected chi connectivity index (χ0v) is 20.1. The van der Waals surface area contributed by atoms with Crippen LogP contribution in [0.4, 0.5) is 3.89 Å². The molecule has 3 aromatic heterocycles. The molecule has 3 heterocycles. The SMILES string of the molecule is CC(C)Cc1cc2c(=O)c3c4ccc(C#N)cc4[nH]c3n(C)c2cc1-c1cncc(S(=O)(=O)F)c1. The van der Waals surface area contributed by atoms with Crippen LogP contribution in [0.25, 0.3) is 44.0 Å². The number of fused-ring (bicyclic) bond motifs is 4. The van der Waals surface area contributed by atoms with Crippen molar-refractivity contribution in [2.24, 2.45) is 13.0 Å². The molecule has 35 heavy (non-hydrogen) atoms.